The van der Waals surface area contributed by atoms with E-state index in [-0.39, 0.29) is 18.1 Å². The highest BCUT2D eigenvalue weighted by molar-refractivity contribution is 6.31. The number of hydrogen-bond acceptors (Lipinski definition) is 8. The fourth-order valence-corrected chi connectivity index (χ4v) is 4.05. The number of halogens is 1. The Morgan fingerprint density at radius 1 is 1.23 bits per heavy atom. The van der Waals surface area contributed by atoms with E-state index in [1.54, 1.807) is 4.68 Å². The van der Waals surface area contributed by atoms with Gasteiger partial charge in [-0.25, -0.2) is 4.68 Å². The van der Waals surface area contributed by atoms with Gasteiger partial charge in [-0.15, -0.1) is 5.10 Å². The Bertz CT molecular complexity index is 1010. The van der Waals surface area contributed by atoms with Gasteiger partial charge < -0.3 is 22.1 Å². The summed E-state index contributed by atoms with van der Waals surface area (Å²) in [5.41, 5.74) is 15.1. The van der Waals surface area contributed by atoms with Gasteiger partial charge in [0.15, 0.2) is 17.0 Å². The molecular weight excluding hydrogens is 402 g/mol. The van der Waals surface area contributed by atoms with Gasteiger partial charge >= 0.3 is 0 Å². The van der Waals surface area contributed by atoms with E-state index >= 15 is 0 Å². The van der Waals surface area contributed by atoms with Crippen LogP contribution in [0.25, 0.3) is 11.2 Å². The lowest BCUT2D eigenvalue weighted by molar-refractivity contribution is 0.402. The quantitative estimate of drug-likeness (QED) is 0.438. The first kappa shape index (κ1) is 20.6. The van der Waals surface area contributed by atoms with Crippen LogP contribution in [0.4, 0.5) is 17.5 Å². The average Bonchev–Trinajstić information content (AvgIpc) is 3.14. The lowest BCUT2D eigenvalue weighted by Crippen LogP contribution is -2.43. The fraction of sp³-hybridized carbons (Fsp3) is 0.500. The molecule has 3 aromatic rings. The van der Waals surface area contributed by atoms with Crippen molar-refractivity contribution in [2.24, 2.45) is 5.73 Å². The number of nitrogens with two attached hydrogens (primary N) is 2. The predicted octanol–water partition coefficient (Wildman–Crippen LogP) is 3.33. The van der Waals surface area contributed by atoms with Crippen molar-refractivity contribution in [2.75, 3.05) is 16.4 Å². The second-order valence-corrected chi connectivity index (χ2v) is 8.46. The molecule has 2 heterocycles. The first-order valence-electron chi connectivity index (χ1n) is 10.4. The largest absolute Gasteiger partial charge is 0.398 e. The van der Waals surface area contributed by atoms with Crippen LogP contribution in [0.1, 0.15) is 51.1 Å². The third kappa shape index (κ3) is 4.13. The van der Waals surface area contributed by atoms with Gasteiger partial charge in [0.2, 0.25) is 5.95 Å². The molecule has 1 aliphatic rings. The van der Waals surface area contributed by atoms with Gasteiger partial charge in [0, 0.05) is 34.9 Å². The number of fused-ring (bicyclic) bond motifs is 1. The standard InChI is InChI=1S/C20H28ClN9/c1-11(2)30-19-17(28-29-30)18(24-10-12-13(21)6-5-8-14(12)22)26-20(27-19)25-16-9-4-3-7-15(16)23/h5-6,8,11,15-16H,3-4,7,9-10,22-23H2,1-2H3,(H2,24,25,26,27). The Morgan fingerprint density at radius 2 is 2.03 bits per heavy atom. The summed E-state index contributed by atoms with van der Waals surface area (Å²) in [6.45, 7) is 4.49. The van der Waals surface area contributed by atoms with Crippen molar-refractivity contribution >= 4 is 40.2 Å². The molecule has 1 fully saturated rings. The number of nitrogens with zero attached hydrogens (tertiary/aromatic N) is 5. The number of benzene rings is 1. The monoisotopic (exact) mass is 429 g/mol. The second-order valence-electron chi connectivity index (χ2n) is 8.06. The summed E-state index contributed by atoms with van der Waals surface area (Å²) >= 11 is 6.32. The molecule has 1 aromatic carbocycles. The van der Waals surface area contributed by atoms with Crippen molar-refractivity contribution in [3.05, 3.63) is 28.8 Å². The van der Waals surface area contributed by atoms with Gasteiger partial charge in [0.25, 0.3) is 0 Å². The van der Waals surface area contributed by atoms with E-state index in [9.17, 15) is 0 Å². The highest BCUT2D eigenvalue weighted by atomic mass is 35.5. The maximum absolute atomic E-state index is 6.32. The van der Waals surface area contributed by atoms with Crippen molar-refractivity contribution in [3.63, 3.8) is 0 Å². The molecule has 2 unspecified atom stereocenters. The molecule has 4 rings (SSSR count). The lowest BCUT2D eigenvalue weighted by Gasteiger charge is -2.29. The van der Waals surface area contributed by atoms with Gasteiger partial charge in [0.1, 0.15) is 0 Å². The lowest BCUT2D eigenvalue weighted by atomic mass is 9.91. The maximum atomic E-state index is 6.32. The Morgan fingerprint density at radius 3 is 2.77 bits per heavy atom. The van der Waals surface area contributed by atoms with Crippen molar-refractivity contribution in [1.82, 2.24) is 25.0 Å². The minimum absolute atomic E-state index is 0.0884. The first-order chi connectivity index (χ1) is 14.4. The Labute approximate surface area is 180 Å². The molecule has 2 aromatic heterocycles. The number of nitrogens with one attached hydrogen (secondary N) is 2. The Balaban J connectivity index is 1.68. The number of hydrogen-bond donors (Lipinski definition) is 4. The minimum atomic E-state index is 0.0884. The fourth-order valence-electron chi connectivity index (χ4n) is 3.80. The third-order valence-corrected chi connectivity index (χ3v) is 5.89. The van der Waals surface area contributed by atoms with E-state index in [4.69, 9.17) is 28.1 Å². The highest BCUT2D eigenvalue weighted by Crippen LogP contribution is 2.27. The molecule has 0 bridgehead atoms. The zero-order chi connectivity index (χ0) is 21.3. The molecule has 0 spiro atoms. The number of anilines is 3. The third-order valence-electron chi connectivity index (χ3n) is 5.53. The SMILES string of the molecule is CC(C)n1nnc2c(NCc3c(N)cccc3Cl)nc(NC3CCCCC3N)nc21. The van der Waals surface area contributed by atoms with Gasteiger partial charge in [-0.05, 0) is 38.8 Å². The normalized spacial score (nSPS) is 19.4. The summed E-state index contributed by atoms with van der Waals surface area (Å²) in [6.07, 6.45) is 4.32. The summed E-state index contributed by atoms with van der Waals surface area (Å²) in [5.74, 6) is 1.10. The molecule has 0 aliphatic heterocycles. The Kier molecular flexibility index (Phi) is 5.92. The molecule has 0 amide bonds. The van der Waals surface area contributed by atoms with Crippen LogP contribution in [0.15, 0.2) is 18.2 Å². The second kappa shape index (κ2) is 8.61. The van der Waals surface area contributed by atoms with Crippen LogP contribution in [-0.4, -0.2) is 37.0 Å². The summed E-state index contributed by atoms with van der Waals surface area (Å²) in [6, 6.07) is 5.81. The molecule has 6 N–H and O–H groups in total. The zero-order valence-corrected chi connectivity index (χ0v) is 18.0. The van der Waals surface area contributed by atoms with E-state index < -0.39 is 0 Å². The van der Waals surface area contributed by atoms with Gasteiger partial charge in [-0.1, -0.05) is 35.7 Å². The van der Waals surface area contributed by atoms with Gasteiger partial charge in [-0.3, -0.25) is 0 Å². The summed E-state index contributed by atoms with van der Waals surface area (Å²) in [7, 11) is 0. The van der Waals surface area contributed by atoms with Crippen LogP contribution in [0.5, 0.6) is 0 Å². The predicted molar refractivity (Wildman–Crippen MR) is 121 cm³/mol. The number of rotatable bonds is 6. The van der Waals surface area contributed by atoms with E-state index in [2.05, 4.69) is 25.9 Å². The molecule has 0 saturated heterocycles. The van der Waals surface area contributed by atoms with Crippen LogP contribution in [0.3, 0.4) is 0 Å². The maximum Gasteiger partial charge on any atom is 0.227 e. The number of nitrogen functional groups attached to an aromatic ring is 1. The molecular formula is C20H28ClN9. The molecule has 9 nitrogen and oxygen atoms in total. The molecule has 10 heteroatoms. The highest BCUT2D eigenvalue weighted by Gasteiger charge is 2.24. The van der Waals surface area contributed by atoms with Crippen molar-refractivity contribution < 1.29 is 0 Å². The van der Waals surface area contributed by atoms with Gasteiger partial charge in [0.05, 0.1) is 6.04 Å². The molecule has 2 atom stereocenters. The molecule has 1 saturated carbocycles. The molecule has 30 heavy (non-hydrogen) atoms. The summed E-state index contributed by atoms with van der Waals surface area (Å²) in [5, 5.41) is 15.9. The van der Waals surface area contributed by atoms with E-state index in [1.165, 1.54) is 0 Å². The van der Waals surface area contributed by atoms with E-state index in [1.807, 2.05) is 32.0 Å². The first-order valence-corrected chi connectivity index (χ1v) is 10.7. The molecule has 0 radical (unpaired) electrons. The van der Waals surface area contributed by atoms with Crippen LogP contribution in [-0.2, 0) is 6.54 Å². The summed E-state index contributed by atoms with van der Waals surface area (Å²) < 4.78 is 1.79. The number of aromatic nitrogens is 5. The van der Waals surface area contributed by atoms with E-state index in [0.717, 1.165) is 31.2 Å². The van der Waals surface area contributed by atoms with Crippen LogP contribution in [0.2, 0.25) is 5.02 Å². The zero-order valence-electron chi connectivity index (χ0n) is 17.3. The van der Waals surface area contributed by atoms with Crippen LogP contribution in [0, 0.1) is 0 Å². The van der Waals surface area contributed by atoms with Crippen molar-refractivity contribution in [2.45, 2.75) is 64.2 Å². The van der Waals surface area contributed by atoms with Crippen molar-refractivity contribution in [1.29, 1.82) is 0 Å². The van der Waals surface area contributed by atoms with E-state index in [0.29, 0.717) is 40.2 Å². The topological polar surface area (TPSA) is 133 Å². The smallest absolute Gasteiger partial charge is 0.227 e. The Hall–Kier alpha value is -2.65. The van der Waals surface area contributed by atoms with Crippen LogP contribution >= 0.6 is 11.6 Å². The van der Waals surface area contributed by atoms with Gasteiger partial charge in [-0.2, -0.15) is 9.97 Å². The molecule has 160 valence electrons. The molecule has 1 aliphatic carbocycles. The minimum Gasteiger partial charge on any atom is -0.398 e. The summed E-state index contributed by atoms with van der Waals surface area (Å²) in [4.78, 5) is 9.39. The van der Waals surface area contributed by atoms with Crippen LogP contribution < -0.4 is 22.1 Å². The van der Waals surface area contributed by atoms with Crippen molar-refractivity contribution in [3.8, 4) is 0 Å². The average molecular weight is 430 g/mol.